The Bertz CT molecular complexity index is 283. The van der Waals surface area contributed by atoms with Crippen molar-refractivity contribution in [3.8, 4) is 0 Å². The molecule has 0 spiro atoms. The van der Waals surface area contributed by atoms with Crippen LogP contribution in [0.4, 0.5) is 0 Å². The van der Waals surface area contributed by atoms with E-state index in [1.165, 1.54) is 30.6 Å². The summed E-state index contributed by atoms with van der Waals surface area (Å²) < 4.78 is 0. The van der Waals surface area contributed by atoms with Crippen LogP contribution in [0.3, 0.4) is 0 Å². The van der Waals surface area contributed by atoms with Crippen LogP contribution in [0, 0.1) is 0 Å². The lowest BCUT2D eigenvalue weighted by Crippen LogP contribution is -2.21. The minimum Gasteiger partial charge on any atom is -0.310 e. The molecule has 15 heavy (non-hydrogen) atoms. The monoisotopic (exact) mass is 245 g/mol. The van der Waals surface area contributed by atoms with E-state index < -0.39 is 0 Å². The van der Waals surface area contributed by atoms with Crippen molar-refractivity contribution in [1.29, 1.82) is 0 Å². The van der Waals surface area contributed by atoms with Crippen LogP contribution in [0.1, 0.15) is 42.0 Å². The van der Waals surface area contributed by atoms with Crippen LogP contribution in [0.25, 0.3) is 0 Å². The Morgan fingerprint density at radius 1 is 1.33 bits per heavy atom. The van der Waals surface area contributed by atoms with E-state index in [0.717, 1.165) is 6.54 Å². The summed E-state index contributed by atoms with van der Waals surface area (Å²) in [5, 5.41) is 3.48. The fourth-order valence-corrected chi connectivity index (χ4v) is 3.16. The minimum absolute atomic E-state index is 0. The molecule has 0 fully saturated rings. The first kappa shape index (κ1) is 13.0. The largest absolute Gasteiger partial charge is 0.310 e. The Morgan fingerprint density at radius 3 is 2.73 bits per heavy atom. The standard InChI is InChI=1S/C12H19NS.ClH/c1-9(2)13-8-11-7-10-5-3-4-6-12(10)14-11;/h7,9,13H,3-6,8H2,1-2H3;1H. The molecule has 0 aromatic carbocycles. The molecule has 1 aromatic heterocycles. The van der Waals surface area contributed by atoms with Gasteiger partial charge in [-0.1, -0.05) is 13.8 Å². The van der Waals surface area contributed by atoms with Crippen LogP contribution >= 0.6 is 23.7 Å². The van der Waals surface area contributed by atoms with Crippen molar-refractivity contribution in [2.45, 2.75) is 52.1 Å². The van der Waals surface area contributed by atoms with Gasteiger partial charge < -0.3 is 5.32 Å². The zero-order valence-corrected chi connectivity index (χ0v) is 11.1. The second-order valence-corrected chi connectivity index (χ2v) is 5.63. The predicted octanol–water partition coefficient (Wildman–Crippen LogP) is 3.55. The highest BCUT2D eigenvalue weighted by atomic mass is 35.5. The molecule has 1 aromatic rings. The van der Waals surface area contributed by atoms with Gasteiger partial charge in [-0.2, -0.15) is 0 Å². The molecule has 3 heteroatoms. The lowest BCUT2D eigenvalue weighted by Gasteiger charge is -2.08. The van der Waals surface area contributed by atoms with Crippen LogP contribution in [-0.4, -0.2) is 6.04 Å². The van der Waals surface area contributed by atoms with Gasteiger partial charge in [0.15, 0.2) is 0 Å². The van der Waals surface area contributed by atoms with Gasteiger partial charge >= 0.3 is 0 Å². The normalized spacial score (nSPS) is 14.9. The Hall–Kier alpha value is -0.0500. The third-order valence-corrected chi connectivity index (χ3v) is 3.97. The molecule has 0 unspecified atom stereocenters. The Kier molecular flexibility index (Phi) is 5.10. The molecular formula is C12H20ClNS. The number of halogens is 1. The molecule has 1 aliphatic carbocycles. The van der Waals surface area contributed by atoms with Crippen molar-refractivity contribution in [1.82, 2.24) is 5.32 Å². The maximum atomic E-state index is 3.48. The number of rotatable bonds is 3. The van der Waals surface area contributed by atoms with E-state index in [-0.39, 0.29) is 12.4 Å². The molecule has 86 valence electrons. The maximum absolute atomic E-state index is 3.48. The Labute approximate surface area is 103 Å². The van der Waals surface area contributed by atoms with E-state index in [9.17, 15) is 0 Å². The van der Waals surface area contributed by atoms with E-state index in [2.05, 4.69) is 25.2 Å². The van der Waals surface area contributed by atoms with Crippen LogP contribution in [0.15, 0.2) is 6.07 Å². The maximum Gasteiger partial charge on any atom is 0.0302 e. The molecule has 1 heterocycles. The molecule has 1 nitrogen and oxygen atoms in total. The molecule has 1 N–H and O–H groups in total. The minimum atomic E-state index is 0. The van der Waals surface area contributed by atoms with Crippen LogP contribution in [0.2, 0.25) is 0 Å². The second-order valence-electron chi connectivity index (χ2n) is 4.40. The molecule has 0 aliphatic heterocycles. The first-order valence-corrected chi connectivity index (χ1v) is 6.41. The van der Waals surface area contributed by atoms with E-state index in [4.69, 9.17) is 0 Å². The van der Waals surface area contributed by atoms with Gasteiger partial charge in [0.05, 0.1) is 0 Å². The SMILES string of the molecule is CC(C)NCc1cc2c(s1)CCCC2.Cl. The molecule has 0 amide bonds. The highest BCUT2D eigenvalue weighted by Crippen LogP contribution is 2.29. The topological polar surface area (TPSA) is 12.0 Å². The molecular weight excluding hydrogens is 226 g/mol. The molecule has 0 radical (unpaired) electrons. The summed E-state index contributed by atoms with van der Waals surface area (Å²) in [6.07, 6.45) is 5.42. The zero-order chi connectivity index (χ0) is 9.97. The fraction of sp³-hybridized carbons (Fsp3) is 0.667. The quantitative estimate of drug-likeness (QED) is 0.859. The van der Waals surface area contributed by atoms with Crippen molar-refractivity contribution >= 4 is 23.7 Å². The average Bonchev–Trinajstić information content (AvgIpc) is 2.57. The predicted molar refractivity (Wildman–Crippen MR) is 70.2 cm³/mol. The van der Waals surface area contributed by atoms with Gasteiger partial charge in [-0.25, -0.2) is 0 Å². The van der Waals surface area contributed by atoms with Crippen LogP contribution in [-0.2, 0) is 19.4 Å². The van der Waals surface area contributed by atoms with Crippen LogP contribution < -0.4 is 5.32 Å². The van der Waals surface area contributed by atoms with Crippen molar-refractivity contribution < 1.29 is 0 Å². The smallest absolute Gasteiger partial charge is 0.0302 e. The second kappa shape index (κ2) is 5.88. The zero-order valence-electron chi connectivity index (χ0n) is 9.51. The fourth-order valence-electron chi connectivity index (χ4n) is 1.94. The van der Waals surface area contributed by atoms with Crippen molar-refractivity contribution in [3.05, 3.63) is 21.4 Å². The van der Waals surface area contributed by atoms with Gasteiger partial charge in [-0.3, -0.25) is 0 Å². The van der Waals surface area contributed by atoms with Gasteiger partial charge in [0, 0.05) is 22.3 Å². The number of thiophene rings is 1. The molecule has 0 saturated carbocycles. The van der Waals surface area contributed by atoms with Gasteiger partial charge in [0.25, 0.3) is 0 Å². The number of nitrogens with one attached hydrogen (secondary N) is 1. The summed E-state index contributed by atoms with van der Waals surface area (Å²) in [6, 6.07) is 3.00. The molecule has 0 atom stereocenters. The summed E-state index contributed by atoms with van der Waals surface area (Å²) in [7, 11) is 0. The van der Waals surface area contributed by atoms with Gasteiger partial charge in [-0.15, -0.1) is 23.7 Å². The molecule has 0 saturated heterocycles. The van der Waals surface area contributed by atoms with E-state index in [1.54, 1.807) is 10.4 Å². The lowest BCUT2D eigenvalue weighted by molar-refractivity contribution is 0.593. The molecule has 0 bridgehead atoms. The third-order valence-electron chi connectivity index (χ3n) is 2.73. The highest BCUT2D eigenvalue weighted by molar-refractivity contribution is 7.12. The van der Waals surface area contributed by atoms with Crippen LogP contribution in [0.5, 0.6) is 0 Å². The third kappa shape index (κ3) is 3.47. The van der Waals surface area contributed by atoms with E-state index in [0.29, 0.717) is 6.04 Å². The highest BCUT2D eigenvalue weighted by Gasteiger charge is 2.12. The lowest BCUT2D eigenvalue weighted by atomic mass is 9.99. The summed E-state index contributed by atoms with van der Waals surface area (Å²) in [6.45, 7) is 5.45. The average molecular weight is 246 g/mol. The summed E-state index contributed by atoms with van der Waals surface area (Å²) in [5.74, 6) is 0. The van der Waals surface area contributed by atoms with Gasteiger partial charge in [0.1, 0.15) is 0 Å². The molecule has 2 rings (SSSR count). The summed E-state index contributed by atoms with van der Waals surface area (Å²) >= 11 is 2.01. The Morgan fingerprint density at radius 2 is 2.07 bits per heavy atom. The number of aryl methyl sites for hydroxylation is 2. The summed E-state index contributed by atoms with van der Waals surface area (Å²) in [4.78, 5) is 3.17. The van der Waals surface area contributed by atoms with Crippen molar-refractivity contribution in [2.75, 3.05) is 0 Å². The van der Waals surface area contributed by atoms with E-state index >= 15 is 0 Å². The number of hydrogen-bond donors (Lipinski definition) is 1. The van der Waals surface area contributed by atoms with Crippen molar-refractivity contribution in [3.63, 3.8) is 0 Å². The first-order chi connectivity index (χ1) is 6.75. The Balaban J connectivity index is 0.00000112. The number of hydrogen-bond acceptors (Lipinski definition) is 2. The molecule has 1 aliphatic rings. The van der Waals surface area contributed by atoms with Gasteiger partial charge in [0.2, 0.25) is 0 Å². The van der Waals surface area contributed by atoms with Gasteiger partial charge in [-0.05, 0) is 37.3 Å². The van der Waals surface area contributed by atoms with E-state index in [1.807, 2.05) is 11.3 Å². The summed E-state index contributed by atoms with van der Waals surface area (Å²) in [5.41, 5.74) is 1.63. The first-order valence-electron chi connectivity index (χ1n) is 5.59. The number of fused-ring (bicyclic) bond motifs is 1. The van der Waals surface area contributed by atoms with Crippen molar-refractivity contribution in [2.24, 2.45) is 0 Å².